The zero-order valence-corrected chi connectivity index (χ0v) is 11.9. The van der Waals surface area contributed by atoms with Crippen LogP contribution in [0.25, 0.3) is 0 Å². The Hall–Kier alpha value is -1.09. The molecular formula is C16H24FNO. The summed E-state index contributed by atoms with van der Waals surface area (Å²) in [6.07, 6.45) is 6.05. The van der Waals surface area contributed by atoms with Crippen LogP contribution in [0.5, 0.6) is 5.75 Å². The molecule has 0 aromatic heterocycles. The van der Waals surface area contributed by atoms with E-state index < -0.39 is 0 Å². The van der Waals surface area contributed by atoms with Crippen LogP contribution in [0.3, 0.4) is 0 Å². The van der Waals surface area contributed by atoms with Gasteiger partial charge >= 0.3 is 0 Å². The number of hydrogen-bond acceptors (Lipinski definition) is 2. The van der Waals surface area contributed by atoms with Crippen LogP contribution in [0.15, 0.2) is 18.2 Å². The summed E-state index contributed by atoms with van der Waals surface area (Å²) in [5.41, 5.74) is 1.08. The first kappa shape index (κ1) is 14.3. The Labute approximate surface area is 115 Å². The molecule has 2 atom stereocenters. The molecule has 0 bridgehead atoms. The molecule has 0 aliphatic heterocycles. The van der Waals surface area contributed by atoms with Gasteiger partial charge in [-0.2, -0.15) is 0 Å². The third-order valence-electron chi connectivity index (χ3n) is 4.09. The summed E-state index contributed by atoms with van der Waals surface area (Å²) >= 11 is 0. The van der Waals surface area contributed by atoms with Crippen molar-refractivity contribution < 1.29 is 9.13 Å². The molecule has 1 aliphatic rings. The Bertz CT molecular complexity index is 406. The van der Waals surface area contributed by atoms with Gasteiger partial charge in [-0.25, -0.2) is 4.39 Å². The molecule has 2 nitrogen and oxygen atoms in total. The molecule has 1 aromatic carbocycles. The van der Waals surface area contributed by atoms with E-state index in [0.717, 1.165) is 18.5 Å². The predicted molar refractivity (Wildman–Crippen MR) is 76.1 cm³/mol. The lowest BCUT2D eigenvalue weighted by atomic mass is 9.80. The van der Waals surface area contributed by atoms with Gasteiger partial charge in [-0.3, -0.25) is 0 Å². The molecule has 1 fully saturated rings. The van der Waals surface area contributed by atoms with Gasteiger partial charge in [-0.15, -0.1) is 0 Å². The monoisotopic (exact) mass is 265 g/mol. The van der Waals surface area contributed by atoms with Crippen molar-refractivity contribution in [2.75, 3.05) is 13.7 Å². The van der Waals surface area contributed by atoms with E-state index in [1.54, 1.807) is 12.1 Å². The smallest absolute Gasteiger partial charge is 0.165 e. The third-order valence-corrected chi connectivity index (χ3v) is 4.09. The number of hydrogen-bond donors (Lipinski definition) is 1. The average Bonchev–Trinajstić information content (AvgIpc) is 2.41. The molecule has 0 heterocycles. The van der Waals surface area contributed by atoms with Gasteiger partial charge < -0.3 is 10.1 Å². The second kappa shape index (κ2) is 6.90. The largest absolute Gasteiger partial charge is 0.494 e. The summed E-state index contributed by atoms with van der Waals surface area (Å²) in [6, 6.07) is 5.93. The highest BCUT2D eigenvalue weighted by molar-refractivity contribution is 5.29. The number of methoxy groups -OCH3 is 1. The summed E-state index contributed by atoms with van der Waals surface area (Å²) in [4.78, 5) is 0. The van der Waals surface area contributed by atoms with Gasteiger partial charge in [-0.1, -0.05) is 25.8 Å². The first-order chi connectivity index (χ1) is 9.24. The van der Waals surface area contributed by atoms with Gasteiger partial charge in [-0.05, 0) is 49.4 Å². The van der Waals surface area contributed by atoms with E-state index in [1.807, 2.05) is 6.07 Å². The second-order valence-electron chi connectivity index (χ2n) is 5.38. The van der Waals surface area contributed by atoms with Gasteiger partial charge in [0.1, 0.15) is 0 Å². The fourth-order valence-corrected chi connectivity index (χ4v) is 3.12. The number of halogens is 1. The van der Waals surface area contributed by atoms with Crippen molar-refractivity contribution in [2.24, 2.45) is 5.92 Å². The maximum atomic E-state index is 13.7. The minimum Gasteiger partial charge on any atom is -0.494 e. The molecule has 0 spiro atoms. The maximum Gasteiger partial charge on any atom is 0.165 e. The highest BCUT2D eigenvalue weighted by atomic mass is 19.1. The molecular weight excluding hydrogens is 241 g/mol. The molecule has 19 heavy (non-hydrogen) atoms. The molecule has 0 saturated heterocycles. The lowest BCUT2D eigenvalue weighted by Gasteiger charge is -2.32. The summed E-state index contributed by atoms with van der Waals surface area (Å²) in [6.45, 7) is 3.16. The zero-order valence-electron chi connectivity index (χ0n) is 11.9. The molecule has 1 N–H and O–H groups in total. The van der Waals surface area contributed by atoms with Crippen LogP contribution >= 0.6 is 0 Å². The number of benzene rings is 1. The molecule has 1 saturated carbocycles. The minimum absolute atomic E-state index is 0.254. The summed E-state index contributed by atoms with van der Waals surface area (Å²) in [5.74, 6) is 0.702. The lowest BCUT2D eigenvalue weighted by Crippen LogP contribution is -2.39. The van der Waals surface area contributed by atoms with Crippen LogP contribution in [-0.2, 0) is 6.42 Å². The minimum atomic E-state index is -0.254. The summed E-state index contributed by atoms with van der Waals surface area (Å²) < 4.78 is 18.7. The molecule has 1 aromatic rings. The van der Waals surface area contributed by atoms with E-state index in [9.17, 15) is 4.39 Å². The van der Waals surface area contributed by atoms with Crippen LogP contribution in [0.4, 0.5) is 4.39 Å². The van der Waals surface area contributed by atoms with Gasteiger partial charge in [0.15, 0.2) is 11.6 Å². The topological polar surface area (TPSA) is 21.3 Å². The zero-order chi connectivity index (χ0) is 13.7. The molecule has 2 unspecified atom stereocenters. The van der Waals surface area contributed by atoms with Gasteiger partial charge in [0.05, 0.1) is 7.11 Å². The van der Waals surface area contributed by atoms with Crippen molar-refractivity contribution in [3.63, 3.8) is 0 Å². The normalized spacial score (nSPS) is 23.3. The molecule has 3 heteroatoms. The van der Waals surface area contributed by atoms with Gasteiger partial charge in [0.25, 0.3) is 0 Å². The van der Waals surface area contributed by atoms with E-state index in [4.69, 9.17) is 4.74 Å². The van der Waals surface area contributed by atoms with Gasteiger partial charge in [0.2, 0.25) is 0 Å². The van der Waals surface area contributed by atoms with E-state index in [-0.39, 0.29) is 5.82 Å². The van der Waals surface area contributed by atoms with Crippen LogP contribution < -0.4 is 10.1 Å². The van der Waals surface area contributed by atoms with Crippen molar-refractivity contribution in [1.29, 1.82) is 0 Å². The molecule has 106 valence electrons. The Kier molecular flexibility index (Phi) is 5.20. The van der Waals surface area contributed by atoms with Crippen molar-refractivity contribution in [1.82, 2.24) is 5.32 Å². The van der Waals surface area contributed by atoms with Crippen LogP contribution in [0, 0.1) is 11.7 Å². The van der Waals surface area contributed by atoms with E-state index in [0.29, 0.717) is 17.7 Å². The molecule has 0 radical (unpaired) electrons. The predicted octanol–water partition coefficient (Wildman–Crippen LogP) is 3.55. The second-order valence-corrected chi connectivity index (χ2v) is 5.38. The number of ether oxygens (including phenoxy) is 1. The van der Waals surface area contributed by atoms with Crippen LogP contribution in [0.2, 0.25) is 0 Å². The molecule has 1 aliphatic carbocycles. The van der Waals surface area contributed by atoms with Crippen molar-refractivity contribution in [3.8, 4) is 5.75 Å². The SMILES string of the molecule is CCNC1CCCCC1Cc1ccc(OC)c(F)c1. The molecule has 2 rings (SSSR count). The van der Waals surface area contributed by atoms with Crippen molar-refractivity contribution in [2.45, 2.75) is 45.1 Å². The Morgan fingerprint density at radius 1 is 1.32 bits per heavy atom. The van der Waals surface area contributed by atoms with E-state index >= 15 is 0 Å². The summed E-state index contributed by atoms with van der Waals surface area (Å²) in [7, 11) is 1.50. The standard InChI is InChI=1S/C16H24FNO/c1-3-18-15-7-5-4-6-13(15)10-12-8-9-16(19-2)14(17)11-12/h8-9,11,13,15,18H,3-7,10H2,1-2H3. The summed E-state index contributed by atoms with van der Waals surface area (Å²) in [5, 5.41) is 3.57. The first-order valence-electron chi connectivity index (χ1n) is 7.30. The third kappa shape index (κ3) is 3.69. The quantitative estimate of drug-likeness (QED) is 0.879. The Balaban J connectivity index is 2.04. The Morgan fingerprint density at radius 3 is 2.79 bits per heavy atom. The highest BCUT2D eigenvalue weighted by Gasteiger charge is 2.24. The lowest BCUT2D eigenvalue weighted by molar-refractivity contribution is 0.264. The fraction of sp³-hybridized carbons (Fsp3) is 0.625. The maximum absolute atomic E-state index is 13.7. The van der Waals surface area contributed by atoms with Crippen LogP contribution in [-0.4, -0.2) is 19.7 Å². The van der Waals surface area contributed by atoms with Gasteiger partial charge in [0, 0.05) is 6.04 Å². The average molecular weight is 265 g/mol. The first-order valence-corrected chi connectivity index (χ1v) is 7.30. The fourth-order valence-electron chi connectivity index (χ4n) is 3.12. The van der Waals surface area contributed by atoms with E-state index in [1.165, 1.54) is 32.8 Å². The molecule has 0 amide bonds. The van der Waals surface area contributed by atoms with E-state index in [2.05, 4.69) is 12.2 Å². The van der Waals surface area contributed by atoms with Crippen LogP contribution in [0.1, 0.15) is 38.2 Å². The number of rotatable bonds is 5. The van der Waals surface area contributed by atoms with Crippen molar-refractivity contribution >= 4 is 0 Å². The van der Waals surface area contributed by atoms with Crippen molar-refractivity contribution in [3.05, 3.63) is 29.6 Å². The highest BCUT2D eigenvalue weighted by Crippen LogP contribution is 2.28. The Morgan fingerprint density at radius 2 is 2.11 bits per heavy atom. The number of nitrogens with one attached hydrogen (secondary N) is 1.